The van der Waals surface area contributed by atoms with E-state index in [2.05, 4.69) is 0 Å². The quantitative estimate of drug-likeness (QED) is 0.833. The Bertz CT molecular complexity index is 773. The number of primary amides is 1. The molecule has 144 valence electrons. The van der Waals surface area contributed by atoms with Gasteiger partial charge in [0.15, 0.2) is 11.5 Å². The topological polar surface area (TPSA) is 102 Å². The predicted octanol–water partition coefficient (Wildman–Crippen LogP) is 0.535. The summed E-state index contributed by atoms with van der Waals surface area (Å²) in [4.78, 5) is 40.0. The lowest BCUT2D eigenvalue weighted by Gasteiger charge is -2.32. The highest BCUT2D eigenvalue weighted by atomic mass is 16.6. The molecule has 3 amide bonds. The minimum absolute atomic E-state index is 0.0219. The molecule has 0 unspecified atom stereocenters. The van der Waals surface area contributed by atoms with Crippen LogP contribution < -0.4 is 20.1 Å². The number of benzene rings is 1. The average Bonchev–Trinajstić information content (AvgIpc) is 3.08. The number of carbonyl (C=O) groups is 3. The molecule has 3 aliphatic rings. The summed E-state index contributed by atoms with van der Waals surface area (Å²) in [5.74, 6) is 0.368. The van der Waals surface area contributed by atoms with Gasteiger partial charge in [0, 0.05) is 43.7 Å². The van der Waals surface area contributed by atoms with Crippen molar-refractivity contribution in [1.82, 2.24) is 4.90 Å². The van der Waals surface area contributed by atoms with E-state index in [4.69, 9.17) is 15.2 Å². The Morgan fingerprint density at radius 2 is 1.74 bits per heavy atom. The van der Waals surface area contributed by atoms with Gasteiger partial charge in [0.1, 0.15) is 13.2 Å². The van der Waals surface area contributed by atoms with Crippen molar-refractivity contribution in [2.24, 2.45) is 17.6 Å². The van der Waals surface area contributed by atoms with Crippen LogP contribution in [0, 0.1) is 11.8 Å². The third-order valence-electron chi connectivity index (χ3n) is 5.52. The van der Waals surface area contributed by atoms with Gasteiger partial charge in [0.25, 0.3) is 0 Å². The molecule has 1 aromatic carbocycles. The van der Waals surface area contributed by atoms with Gasteiger partial charge in [0.2, 0.25) is 17.7 Å². The number of hydrogen-bond acceptors (Lipinski definition) is 5. The molecule has 0 bridgehead atoms. The molecular weight excluding hydrogens is 350 g/mol. The predicted molar refractivity (Wildman–Crippen MR) is 96.4 cm³/mol. The lowest BCUT2D eigenvalue weighted by atomic mass is 9.95. The van der Waals surface area contributed by atoms with Gasteiger partial charge in [-0.15, -0.1) is 0 Å². The minimum atomic E-state index is -0.365. The van der Waals surface area contributed by atoms with Gasteiger partial charge in [-0.3, -0.25) is 14.4 Å². The van der Waals surface area contributed by atoms with E-state index in [1.807, 2.05) is 6.07 Å². The van der Waals surface area contributed by atoms with Crippen LogP contribution in [-0.4, -0.2) is 55.5 Å². The van der Waals surface area contributed by atoms with Crippen molar-refractivity contribution >= 4 is 23.4 Å². The number of nitrogens with two attached hydrogens (primary N) is 1. The van der Waals surface area contributed by atoms with E-state index < -0.39 is 0 Å². The summed E-state index contributed by atoms with van der Waals surface area (Å²) in [5, 5.41) is 0. The summed E-state index contributed by atoms with van der Waals surface area (Å²) in [7, 11) is 0. The Kier molecular flexibility index (Phi) is 4.63. The van der Waals surface area contributed by atoms with Crippen molar-refractivity contribution < 1.29 is 23.9 Å². The molecule has 8 heteroatoms. The van der Waals surface area contributed by atoms with E-state index in [0.29, 0.717) is 62.9 Å². The lowest BCUT2D eigenvalue weighted by molar-refractivity contribution is -0.138. The van der Waals surface area contributed by atoms with Crippen LogP contribution in [0.4, 0.5) is 5.69 Å². The highest BCUT2D eigenvalue weighted by molar-refractivity contribution is 6.00. The van der Waals surface area contributed by atoms with Crippen LogP contribution in [0.2, 0.25) is 0 Å². The van der Waals surface area contributed by atoms with Crippen molar-refractivity contribution in [3.63, 3.8) is 0 Å². The number of ether oxygens (including phenoxy) is 2. The molecule has 0 spiro atoms. The Labute approximate surface area is 157 Å². The van der Waals surface area contributed by atoms with Gasteiger partial charge in [-0.05, 0) is 25.0 Å². The summed E-state index contributed by atoms with van der Waals surface area (Å²) in [6, 6.07) is 5.40. The zero-order valence-electron chi connectivity index (χ0n) is 15.1. The van der Waals surface area contributed by atoms with Crippen molar-refractivity contribution in [2.75, 3.05) is 37.7 Å². The molecule has 3 heterocycles. The van der Waals surface area contributed by atoms with E-state index in [9.17, 15) is 14.4 Å². The number of piperidine rings is 1. The first-order chi connectivity index (χ1) is 13.0. The summed E-state index contributed by atoms with van der Waals surface area (Å²) in [6.07, 6.45) is 1.38. The van der Waals surface area contributed by atoms with Gasteiger partial charge in [-0.1, -0.05) is 0 Å². The fraction of sp³-hybridized carbons (Fsp3) is 0.526. The zero-order valence-corrected chi connectivity index (χ0v) is 15.1. The summed E-state index contributed by atoms with van der Waals surface area (Å²) < 4.78 is 11.1. The molecule has 2 saturated heterocycles. The Balaban J connectivity index is 1.42. The maximum atomic E-state index is 12.8. The Morgan fingerprint density at radius 3 is 2.44 bits per heavy atom. The molecule has 0 aromatic heterocycles. The van der Waals surface area contributed by atoms with Gasteiger partial charge in [-0.25, -0.2) is 0 Å². The monoisotopic (exact) mass is 373 g/mol. The SMILES string of the molecule is NC(=O)C1CCN(C(=O)[C@H]2CC(=O)N(c3ccc4c(c3)OCCO4)C2)CC1. The molecule has 1 aromatic rings. The molecule has 2 N–H and O–H groups in total. The molecule has 3 aliphatic heterocycles. The first kappa shape index (κ1) is 17.6. The summed E-state index contributed by atoms with van der Waals surface area (Å²) in [6.45, 7) is 2.38. The number of rotatable bonds is 3. The average molecular weight is 373 g/mol. The maximum absolute atomic E-state index is 12.8. The van der Waals surface area contributed by atoms with E-state index >= 15 is 0 Å². The fourth-order valence-corrected chi connectivity index (χ4v) is 3.97. The largest absolute Gasteiger partial charge is 0.486 e. The molecule has 0 radical (unpaired) electrons. The van der Waals surface area contributed by atoms with Gasteiger partial charge in [0.05, 0.1) is 5.92 Å². The van der Waals surface area contributed by atoms with Gasteiger partial charge < -0.3 is 25.0 Å². The first-order valence-electron chi connectivity index (χ1n) is 9.31. The van der Waals surface area contributed by atoms with Crippen LogP contribution >= 0.6 is 0 Å². The third kappa shape index (κ3) is 3.43. The number of hydrogen-bond donors (Lipinski definition) is 1. The fourth-order valence-electron chi connectivity index (χ4n) is 3.97. The highest BCUT2D eigenvalue weighted by Gasteiger charge is 2.38. The van der Waals surface area contributed by atoms with Crippen molar-refractivity contribution in [1.29, 1.82) is 0 Å². The van der Waals surface area contributed by atoms with Crippen molar-refractivity contribution in [3.05, 3.63) is 18.2 Å². The van der Waals surface area contributed by atoms with E-state index in [-0.39, 0.29) is 36.0 Å². The molecule has 4 rings (SSSR count). The smallest absolute Gasteiger partial charge is 0.228 e. The van der Waals surface area contributed by atoms with Gasteiger partial charge >= 0.3 is 0 Å². The van der Waals surface area contributed by atoms with Crippen LogP contribution in [0.25, 0.3) is 0 Å². The molecule has 0 aliphatic carbocycles. The third-order valence-corrected chi connectivity index (χ3v) is 5.52. The molecule has 2 fully saturated rings. The Morgan fingerprint density at radius 1 is 1.04 bits per heavy atom. The van der Waals surface area contributed by atoms with E-state index in [1.165, 1.54) is 0 Å². The number of nitrogens with zero attached hydrogens (tertiary/aromatic N) is 2. The van der Waals surface area contributed by atoms with Crippen LogP contribution in [0.3, 0.4) is 0 Å². The molecule has 8 nitrogen and oxygen atoms in total. The standard InChI is InChI=1S/C19H23N3O5/c20-18(24)12-3-5-21(6-4-12)19(25)13-9-17(23)22(11-13)14-1-2-15-16(10-14)27-8-7-26-15/h1-2,10,12-13H,3-9,11H2,(H2,20,24)/t13-/m0/s1. The van der Waals surface area contributed by atoms with Crippen molar-refractivity contribution in [3.8, 4) is 11.5 Å². The van der Waals surface area contributed by atoms with Crippen LogP contribution in [0.15, 0.2) is 18.2 Å². The number of anilines is 1. The van der Waals surface area contributed by atoms with Crippen LogP contribution in [-0.2, 0) is 14.4 Å². The van der Waals surface area contributed by atoms with Crippen LogP contribution in [0.1, 0.15) is 19.3 Å². The van der Waals surface area contributed by atoms with Crippen molar-refractivity contribution in [2.45, 2.75) is 19.3 Å². The molecule has 27 heavy (non-hydrogen) atoms. The van der Waals surface area contributed by atoms with E-state index in [0.717, 1.165) is 0 Å². The number of fused-ring (bicyclic) bond motifs is 1. The summed E-state index contributed by atoms with van der Waals surface area (Å²) in [5.41, 5.74) is 6.06. The minimum Gasteiger partial charge on any atom is -0.486 e. The second-order valence-corrected chi connectivity index (χ2v) is 7.24. The molecular formula is C19H23N3O5. The first-order valence-corrected chi connectivity index (χ1v) is 9.31. The number of amides is 3. The van der Waals surface area contributed by atoms with E-state index in [1.54, 1.807) is 21.9 Å². The lowest BCUT2D eigenvalue weighted by Crippen LogP contribution is -2.44. The molecule has 1 atom stereocenters. The number of carbonyl (C=O) groups excluding carboxylic acids is 3. The summed E-state index contributed by atoms with van der Waals surface area (Å²) >= 11 is 0. The second-order valence-electron chi connectivity index (χ2n) is 7.24. The van der Waals surface area contributed by atoms with Gasteiger partial charge in [-0.2, -0.15) is 0 Å². The number of likely N-dealkylation sites (tertiary alicyclic amines) is 1. The zero-order chi connectivity index (χ0) is 19.0. The highest BCUT2D eigenvalue weighted by Crippen LogP contribution is 2.36. The molecule has 0 saturated carbocycles. The van der Waals surface area contributed by atoms with Crippen LogP contribution in [0.5, 0.6) is 11.5 Å². The Hall–Kier alpha value is -2.77. The normalized spacial score (nSPS) is 22.8. The second kappa shape index (κ2) is 7.09. The maximum Gasteiger partial charge on any atom is 0.228 e.